The summed E-state index contributed by atoms with van der Waals surface area (Å²) in [5.74, 6) is 0. The van der Waals surface area contributed by atoms with E-state index in [0.717, 1.165) is 19.6 Å². The van der Waals surface area contributed by atoms with Gasteiger partial charge >= 0.3 is 0 Å². The van der Waals surface area contributed by atoms with Crippen LogP contribution in [0.5, 0.6) is 0 Å². The second kappa shape index (κ2) is 4.60. The van der Waals surface area contributed by atoms with Gasteiger partial charge in [-0.15, -0.1) is 0 Å². The van der Waals surface area contributed by atoms with Crippen molar-refractivity contribution in [1.82, 2.24) is 4.90 Å². The summed E-state index contributed by atoms with van der Waals surface area (Å²) in [6, 6.07) is 4.64. The highest BCUT2D eigenvalue weighted by atomic mass is 16.3. The van der Waals surface area contributed by atoms with Crippen molar-refractivity contribution in [3.63, 3.8) is 0 Å². The van der Waals surface area contributed by atoms with Crippen LogP contribution < -0.4 is 0 Å². The average molecular weight is 261 g/mol. The van der Waals surface area contributed by atoms with E-state index in [4.69, 9.17) is 0 Å². The number of hydrogen-bond donors (Lipinski definition) is 1. The Morgan fingerprint density at radius 2 is 1.63 bits per heavy atom. The molecule has 0 saturated carbocycles. The summed E-state index contributed by atoms with van der Waals surface area (Å²) in [6.07, 6.45) is 0. The smallest absolute Gasteiger partial charge is 0.0872 e. The van der Waals surface area contributed by atoms with Crippen molar-refractivity contribution in [1.29, 1.82) is 0 Å². The van der Waals surface area contributed by atoms with Crippen molar-refractivity contribution in [2.75, 3.05) is 13.1 Å². The van der Waals surface area contributed by atoms with Gasteiger partial charge in [-0.25, -0.2) is 0 Å². The molecule has 2 nitrogen and oxygen atoms in total. The summed E-state index contributed by atoms with van der Waals surface area (Å²) < 4.78 is 0. The van der Waals surface area contributed by atoms with Gasteiger partial charge in [0.05, 0.1) is 5.60 Å². The van der Waals surface area contributed by atoms with Crippen LogP contribution in [0, 0.1) is 13.8 Å². The van der Waals surface area contributed by atoms with E-state index >= 15 is 0 Å². The van der Waals surface area contributed by atoms with Crippen LogP contribution >= 0.6 is 0 Å². The van der Waals surface area contributed by atoms with E-state index in [9.17, 15) is 5.11 Å². The van der Waals surface area contributed by atoms with Gasteiger partial charge in [0.1, 0.15) is 0 Å². The van der Waals surface area contributed by atoms with Crippen molar-refractivity contribution in [3.05, 3.63) is 34.4 Å². The molecule has 0 aromatic heterocycles. The number of rotatable bonds is 2. The molecule has 1 heterocycles. The molecule has 0 bridgehead atoms. The van der Waals surface area contributed by atoms with E-state index in [1.807, 2.05) is 6.92 Å². The Bertz CT molecular complexity index is 452. The molecule has 1 aliphatic rings. The molecular weight excluding hydrogens is 234 g/mol. The molecule has 0 radical (unpaired) electrons. The Kier molecular flexibility index (Phi) is 3.53. The number of aryl methyl sites for hydroxylation is 2. The zero-order valence-electron chi connectivity index (χ0n) is 13.2. The molecule has 1 saturated heterocycles. The lowest BCUT2D eigenvalue weighted by molar-refractivity contribution is -0.0872. The molecule has 1 N–H and O–H groups in total. The number of aliphatic hydroxyl groups is 1. The van der Waals surface area contributed by atoms with Gasteiger partial charge in [0.15, 0.2) is 0 Å². The fraction of sp³-hybridized carbons (Fsp3) is 0.647. The average Bonchev–Trinajstić information content (AvgIpc) is 2.18. The van der Waals surface area contributed by atoms with Crippen molar-refractivity contribution in [2.24, 2.45) is 0 Å². The maximum absolute atomic E-state index is 9.81. The van der Waals surface area contributed by atoms with Crippen LogP contribution in [0.2, 0.25) is 0 Å². The molecule has 106 valence electrons. The topological polar surface area (TPSA) is 23.5 Å². The number of hydrogen-bond acceptors (Lipinski definition) is 2. The van der Waals surface area contributed by atoms with Gasteiger partial charge in [-0.05, 0) is 48.4 Å². The fourth-order valence-electron chi connectivity index (χ4n) is 2.93. The van der Waals surface area contributed by atoms with E-state index in [-0.39, 0.29) is 5.41 Å². The van der Waals surface area contributed by atoms with E-state index in [1.165, 1.54) is 22.3 Å². The molecule has 2 rings (SSSR count). The van der Waals surface area contributed by atoms with Crippen LogP contribution in [-0.4, -0.2) is 28.7 Å². The van der Waals surface area contributed by atoms with Crippen LogP contribution in [0.4, 0.5) is 0 Å². The SMILES string of the molecule is Cc1cc(C(C)(C)C)cc(C)c1CN1CC(C)(O)C1. The highest BCUT2D eigenvalue weighted by Crippen LogP contribution is 2.29. The molecule has 1 aromatic rings. The fourth-order valence-corrected chi connectivity index (χ4v) is 2.93. The molecule has 2 heteroatoms. The van der Waals surface area contributed by atoms with E-state index < -0.39 is 5.60 Å². The molecule has 1 aliphatic heterocycles. The predicted molar refractivity (Wildman–Crippen MR) is 80.5 cm³/mol. The molecule has 19 heavy (non-hydrogen) atoms. The zero-order chi connectivity index (χ0) is 14.4. The lowest BCUT2D eigenvalue weighted by Crippen LogP contribution is -2.59. The van der Waals surface area contributed by atoms with E-state index in [2.05, 4.69) is 51.7 Å². The normalized spacial score (nSPS) is 19.3. The molecule has 0 aliphatic carbocycles. The van der Waals surface area contributed by atoms with E-state index in [0.29, 0.717) is 0 Å². The minimum absolute atomic E-state index is 0.203. The first-order chi connectivity index (χ1) is 8.58. The quantitative estimate of drug-likeness (QED) is 0.884. The molecular formula is C17H27NO. The standard InChI is InChI=1S/C17H27NO/c1-12-7-14(16(3,4)5)8-13(2)15(12)9-18-10-17(6,19)11-18/h7-8,19H,9-11H2,1-6H3. The second-order valence-electron chi connectivity index (χ2n) is 7.48. The van der Waals surface area contributed by atoms with Gasteiger partial charge in [-0.1, -0.05) is 32.9 Å². The zero-order valence-corrected chi connectivity index (χ0v) is 13.2. The molecule has 0 unspecified atom stereocenters. The third kappa shape index (κ3) is 3.18. The molecule has 0 atom stereocenters. The Morgan fingerprint density at radius 3 is 2.00 bits per heavy atom. The lowest BCUT2D eigenvalue weighted by Gasteiger charge is -2.44. The summed E-state index contributed by atoms with van der Waals surface area (Å²) >= 11 is 0. The van der Waals surface area contributed by atoms with Crippen LogP contribution in [0.1, 0.15) is 49.9 Å². The number of nitrogens with zero attached hydrogens (tertiary/aromatic N) is 1. The van der Waals surface area contributed by atoms with Gasteiger partial charge in [-0.2, -0.15) is 0 Å². The van der Waals surface area contributed by atoms with Crippen LogP contribution in [-0.2, 0) is 12.0 Å². The first kappa shape index (κ1) is 14.5. The van der Waals surface area contributed by atoms with Crippen molar-refractivity contribution >= 4 is 0 Å². The van der Waals surface area contributed by atoms with Crippen LogP contribution in [0.25, 0.3) is 0 Å². The second-order valence-corrected chi connectivity index (χ2v) is 7.48. The predicted octanol–water partition coefficient (Wildman–Crippen LogP) is 3.17. The first-order valence-electron chi connectivity index (χ1n) is 7.14. The minimum atomic E-state index is -0.479. The van der Waals surface area contributed by atoms with Crippen LogP contribution in [0.15, 0.2) is 12.1 Å². The number of likely N-dealkylation sites (tertiary alicyclic amines) is 1. The Balaban J connectivity index is 2.19. The summed E-state index contributed by atoms with van der Waals surface area (Å²) in [6.45, 7) is 15.6. The highest BCUT2D eigenvalue weighted by molar-refractivity contribution is 5.40. The van der Waals surface area contributed by atoms with Crippen molar-refractivity contribution in [3.8, 4) is 0 Å². The van der Waals surface area contributed by atoms with Crippen LogP contribution in [0.3, 0.4) is 0 Å². The van der Waals surface area contributed by atoms with Crippen molar-refractivity contribution < 1.29 is 5.11 Å². The maximum atomic E-state index is 9.81. The van der Waals surface area contributed by atoms with Gasteiger partial charge in [0.2, 0.25) is 0 Å². The number of benzene rings is 1. The first-order valence-corrected chi connectivity index (χ1v) is 7.14. The Hall–Kier alpha value is -0.860. The van der Waals surface area contributed by atoms with Crippen molar-refractivity contribution in [2.45, 2.75) is 59.1 Å². The summed E-state index contributed by atoms with van der Waals surface area (Å²) in [5.41, 5.74) is 5.29. The third-order valence-corrected chi connectivity index (χ3v) is 4.07. The summed E-state index contributed by atoms with van der Waals surface area (Å²) in [4.78, 5) is 2.31. The Labute approximate surface area is 117 Å². The minimum Gasteiger partial charge on any atom is -0.388 e. The molecule has 0 amide bonds. The Morgan fingerprint density at radius 1 is 1.16 bits per heavy atom. The monoisotopic (exact) mass is 261 g/mol. The summed E-state index contributed by atoms with van der Waals surface area (Å²) in [7, 11) is 0. The molecule has 1 aromatic carbocycles. The molecule has 0 spiro atoms. The van der Waals surface area contributed by atoms with E-state index in [1.54, 1.807) is 0 Å². The van der Waals surface area contributed by atoms with Gasteiger partial charge in [0, 0.05) is 19.6 Å². The largest absolute Gasteiger partial charge is 0.388 e. The number of β-amino-alcohol motifs (C(OH)–C–C–N with tert-alkyl or cyclic N) is 1. The highest BCUT2D eigenvalue weighted by Gasteiger charge is 2.36. The van der Waals surface area contributed by atoms with Gasteiger partial charge in [-0.3, -0.25) is 4.90 Å². The maximum Gasteiger partial charge on any atom is 0.0872 e. The third-order valence-electron chi connectivity index (χ3n) is 4.07. The molecule has 1 fully saturated rings. The van der Waals surface area contributed by atoms with Gasteiger partial charge < -0.3 is 5.11 Å². The van der Waals surface area contributed by atoms with Gasteiger partial charge in [0.25, 0.3) is 0 Å². The summed E-state index contributed by atoms with van der Waals surface area (Å²) in [5, 5.41) is 9.81. The lowest BCUT2D eigenvalue weighted by atomic mass is 9.83.